The first-order valence-corrected chi connectivity index (χ1v) is 6.67. The Balaban J connectivity index is 2.07. The molecule has 1 fully saturated rings. The van der Waals surface area contributed by atoms with Crippen LogP contribution in [0, 0.1) is 0 Å². The van der Waals surface area contributed by atoms with Crippen molar-refractivity contribution >= 4 is 35.0 Å². The predicted molar refractivity (Wildman–Crippen MR) is 67.9 cm³/mol. The second-order valence-corrected chi connectivity index (χ2v) is 5.95. The molecule has 1 aromatic carbocycles. The lowest BCUT2D eigenvalue weighted by Crippen LogP contribution is -2.26. The first-order valence-electron chi connectivity index (χ1n) is 5.04. The monoisotopic (exact) mass is 261 g/mol. The highest BCUT2D eigenvalue weighted by Gasteiger charge is 2.24. The molecule has 4 heteroatoms. The molecule has 0 heterocycles. The molecule has 0 aromatic heterocycles. The zero-order valence-corrected chi connectivity index (χ0v) is 10.6. The van der Waals surface area contributed by atoms with E-state index in [0.29, 0.717) is 21.3 Å². The van der Waals surface area contributed by atoms with Crippen molar-refractivity contribution in [3.05, 3.63) is 28.2 Å². The van der Waals surface area contributed by atoms with Gasteiger partial charge in [-0.05, 0) is 31.0 Å². The van der Waals surface area contributed by atoms with Crippen LogP contribution in [0.2, 0.25) is 10.0 Å². The van der Waals surface area contributed by atoms with Crippen molar-refractivity contribution in [3.63, 3.8) is 0 Å². The Bertz CT molecular complexity index is 356. The summed E-state index contributed by atoms with van der Waals surface area (Å²) in [4.78, 5) is 1.16. The first-order chi connectivity index (χ1) is 7.16. The summed E-state index contributed by atoms with van der Waals surface area (Å²) in [7, 11) is 0. The molecule has 2 atom stereocenters. The third-order valence-corrected chi connectivity index (χ3v) is 4.84. The maximum Gasteiger partial charge on any atom is 0.0603 e. The molecule has 2 N–H and O–H groups in total. The lowest BCUT2D eigenvalue weighted by molar-refractivity contribution is 0.716. The quantitative estimate of drug-likeness (QED) is 0.872. The minimum atomic E-state index is 0.324. The summed E-state index contributed by atoms with van der Waals surface area (Å²) in [5.74, 6) is 0. The summed E-state index contributed by atoms with van der Waals surface area (Å²) in [6.45, 7) is 0. The van der Waals surface area contributed by atoms with Crippen LogP contribution in [0.1, 0.15) is 19.3 Å². The maximum atomic E-state index is 6.01. The molecule has 0 saturated heterocycles. The smallest absolute Gasteiger partial charge is 0.0603 e. The number of thioether (sulfide) groups is 1. The van der Waals surface area contributed by atoms with Crippen molar-refractivity contribution in [2.24, 2.45) is 5.73 Å². The molecular formula is C11H13Cl2NS. The van der Waals surface area contributed by atoms with Gasteiger partial charge < -0.3 is 5.73 Å². The number of benzene rings is 1. The molecule has 82 valence electrons. The van der Waals surface area contributed by atoms with Gasteiger partial charge in [0, 0.05) is 16.2 Å². The third-order valence-electron chi connectivity index (χ3n) is 2.68. The van der Waals surface area contributed by atoms with Crippen molar-refractivity contribution in [3.8, 4) is 0 Å². The number of hydrogen-bond donors (Lipinski definition) is 1. The van der Waals surface area contributed by atoms with Crippen LogP contribution in [-0.4, -0.2) is 11.3 Å². The standard InChI is InChI=1S/C11H13Cl2NS/c12-8-5-4-7(6-9(8)13)15-11-3-1-2-10(11)14/h4-6,10-11H,1-3,14H2. The molecule has 1 aliphatic carbocycles. The van der Waals surface area contributed by atoms with E-state index in [0.717, 1.165) is 11.3 Å². The Labute approximate surface area is 104 Å². The van der Waals surface area contributed by atoms with Crippen molar-refractivity contribution in [1.82, 2.24) is 0 Å². The second-order valence-electron chi connectivity index (χ2n) is 3.83. The fourth-order valence-corrected chi connectivity index (χ4v) is 3.47. The highest BCUT2D eigenvalue weighted by molar-refractivity contribution is 8.00. The molecule has 1 aliphatic rings. The Morgan fingerprint density at radius 3 is 2.60 bits per heavy atom. The minimum absolute atomic E-state index is 0.324. The van der Waals surface area contributed by atoms with Gasteiger partial charge in [-0.3, -0.25) is 0 Å². The van der Waals surface area contributed by atoms with E-state index < -0.39 is 0 Å². The van der Waals surface area contributed by atoms with E-state index in [-0.39, 0.29) is 0 Å². The molecule has 1 aromatic rings. The van der Waals surface area contributed by atoms with Crippen LogP contribution in [0.15, 0.2) is 23.1 Å². The van der Waals surface area contributed by atoms with E-state index in [1.165, 1.54) is 12.8 Å². The summed E-state index contributed by atoms with van der Waals surface area (Å²) in [5, 5.41) is 1.76. The molecule has 0 amide bonds. The molecule has 0 bridgehead atoms. The lowest BCUT2D eigenvalue weighted by atomic mass is 10.3. The highest BCUT2D eigenvalue weighted by atomic mass is 35.5. The lowest BCUT2D eigenvalue weighted by Gasteiger charge is -2.14. The first kappa shape index (κ1) is 11.6. The molecule has 0 spiro atoms. The van der Waals surface area contributed by atoms with Gasteiger partial charge in [0.1, 0.15) is 0 Å². The Morgan fingerprint density at radius 2 is 2.00 bits per heavy atom. The van der Waals surface area contributed by atoms with Gasteiger partial charge in [-0.1, -0.05) is 29.6 Å². The van der Waals surface area contributed by atoms with Gasteiger partial charge in [-0.15, -0.1) is 11.8 Å². The van der Waals surface area contributed by atoms with Gasteiger partial charge in [0.05, 0.1) is 10.0 Å². The minimum Gasteiger partial charge on any atom is -0.327 e. The Kier molecular flexibility index (Phi) is 3.83. The number of halogens is 2. The van der Waals surface area contributed by atoms with Crippen LogP contribution >= 0.6 is 35.0 Å². The molecule has 1 nitrogen and oxygen atoms in total. The fourth-order valence-electron chi connectivity index (χ4n) is 1.83. The van der Waals surface area contributed by atoms with Gasteiger partial charge in [0.25, 0.3) is 0 Å². The van der Waals surface area contributed by atoms with Crippen molar-refractivity contribution in [2.75, 3.05) is 0 Å². The average molecular weight is 262 g/mol. The van der Waals surface area contributed by atoms with Gasteiger partial charge >= 0.3 is 0 Å². The molecule has 0 aliphatic heterocycles. The average Bonchev–Trinajstić information content (AvgIpc) is 2.59. The van der Waals surface area contributed by atoms with E-state index in [2.05, 4.69) is 0 Å². The van der Waals surface area contributed by atoms with Crippen molar-refractivity contribution in [2.45, 2.75) is 35.4 Å². The largest absolute Gasteiger partial charge is 0.327 e. The van der Waals surface area contributed by atoms with Crippen LogP contribution < -0.4 is 5.73 Å². The number of rotatable bonds is 2. The fraction of sp³-hybridized carbons (Fsp3) is 0.455. The van der Waals surface area contributed by atoms with Crippen LogP contribution in [0.3, 0.4) is 0 Å². The number of nitrogens with two attached hydrogens (primary N) is 1. The zero-order valence-electron chi connectivity index (χ0n) is 8.25. The van der Waals surface area contributed by atoms with E-state index in [4.69, 9.17) is 28.9 Å². The normalized spacial score (nSPS) is 25.8. The van der Waals surface area contributed by atoms with Crippen LogP contribution in [0.5, 0.6) is 0 Å². The summed E-state index contributed by atoms with van der Waals surface area (Å²) in [6.07, 6.45) is 3.57. The molecule has 1 saturated carbocycles. The van der Waals surface area contributed by atoms with Gasteiger partial charge in [-0.2, -0.15) is 0 Å². The Hall–Kier alpha value is 0.110. The van der Waals surface area contributed by atoms with Gasteiger partial charge in [0.15, 0.2) is 0 Å². The van der Waals surface area contributed by atoms with E-state index in [1.807, 2.05) is 30.0 Å². The van der Waals surface area contributed by atoms with Gasteiger partial charge in [0.2, 0.25) is 0 Å². The van der Waals surface area contributed by atoms with Crippen LogP contribution in [0.4, 0.5) is 0 Å². The van der Waals surface area contributed by atoms with Crippen LogP contribution in [-0.2, 0) is 0 Å². The molecule has 0 radical (unpaired) electrons. The van der Waals surface area contributed by atoms with Gasteiger partial charge in [-0.25, -0.2) is 0 Å². The summed E-state index contributed by atoms with van der Waals surface area (Å²) < 4.78 is 0. The second kappa shape index (κ2) is 4.96. The Morgan fingerprint density at radius 1 is 1.20 bits per heavy atom. The van der Waals surface area contributed by atoms with E-state index in [1.54, 1.807) is 0 Å². The molecule has 2 rings (SSSR count). The number of hydrogen-bond acceptors (Lipinski definition) is 2. The zero-order chi connectivity index (χ0) is 10.8. The predicted octanol–water partition coefficient (Wildman–Crippen LogP) is 3.97. The summed E-state index contributed by atoms with van der Waals surface area (Å²) in [5.41, 5.74) is 6.01. The summed E-state index contributed by atoms with van der Waals surface area (Å²) in [6, 6.07) is 6.08. The molecule has 15 heavy (non-hydrogen) atoms. The highest BCUT2D eigenvalue weighted by Crippen LogP contribution is 2.36. The van der Waals surface area contributed by atoms with Crippen molar-refractivity contribution < 1.29 is 0 Å². The third kappa shape index (κ3) is 2.82. The molecular weight excluding hydrogens is 249 g/mol. The SMILES string of the molecule is NC1CCCC1Sc1ccc(Cl)c(Cl)c1. The van der Waals surface area contributed by atoms with E-state index in [9.17, 15) is 0 Å². The van der Waals surface area contributed by atoms with E-state index >= 15 is 0 Å². The van der Waals surface area contributed by atoms with Crippen LogP contribution in [0.25, 0.3) is 0 Å². The topological polar surface area (TPSA) is 26.0 Å². The molecule has 2 unspecified atom stereocenters. The maximum absolute atomic E-state index is 6.01. The van der Waals surface area contributed by atoms with Crippen molar-refractivity contribution in [1.29, 1.82) is 0 Å². The summed E-state index contributed by atoms with van der Waals surface area (Å²) >= 11 is 13.6.